The summed E-state index contributed by atoms with van der Waals surface area (Å²) >= 11 is 1.19. The molecule has 1 N–H and O–H groups in total. The van der Waals surface area contributed by atoms with Gasteiger partial charge in [0.15, 0.2) is 6.61 Å². The van der Waals surface area contributed by atoms with Gasteiger partial charge in [-0.25, -0.2) is 0 Å². The van der Waals surface area contributed by atoms with Crippen LogP contribution in [0.2, 0.25) is 0 Å². The number of thioether (sulfide) groups is 1. The summed E-state index contributed by atoms with van der Waals surface area (Å²) in [4.78, 5) is 34.9. The minimum absolute atomic E-state index is 0.0211. The van der Waals surface area contributed by atoms with Crippen molar-refractivity contribution in [2.75, 3.05) is 11.9 Å². The van der Waals surface area contributed by atoms with E-state index in [2.05, 4.69) is 10.4 Å². The van der Waals surface area contributed by atoms with Crippen LogP contribution in [-0.2, 0) is 21.4 Å². The Morgan fingerprint density at radius 1 is 1.33 bits per heavy atom. The third-order valence-corrected chi connectivity index (χ3v) is 4.90. The quantitative estimate of drug-likeness (QED) is 0.333. The number of carbonyl (C=O) groups is 2. The van der Waals surface area contributed by atoms with Gasteiger partial charge in [0, 0.05) is 24.1 Å². The summed E-state index contributed by atoms with van der Waals surface area (Å²) in [6.07, 6.45) is 0. The summed E-state index contributed by atoms with van der Waals surface area (Å²) in [5, 5.41) is 17.0. The summed E-state index contributed by atoms with van der Waals surface area (Å²) in [7, 11) is 1.77. The smallest absolute Gasteiger partial charge is 0.319 e. The SMILES string of the molecule is Cc1nn(C)c(C)c1NC(=O)COC(=O)[C@@H](C)Sc1ccc([N+](=O)[O-])cc1. The molecule has 9 nitrogen and oxygen atoms in total. The van der Waals surface area contributed by atoms with Crippen LogP contribution < -0.4 is 5.32 Å². The molecule has 2 aromatic rings. The molecule has 10 heteroatoms. The van der Waals surface area contributed by atoms with Gasteiger partial charge in [0.05, 0.1) is 22.0 Å². The number of hydrogen-bond acceptors (Lipinski definition) is 7. The lowest BCUT2D eigenvalue weighted by atomic mass is 10.3. The fraction of sp³-hybridized carbons (Fsp3) is 0.353. The van der Waals surface area contributed by atoms with Crippen molar-refractivity contribution in [3.05, 3.63) is 45.8 Å². The van der Waals surface area contributed by atoms with Gasteiger partial charge in [-0.2, -0.15) is 5.10 Å². The maximum atomic E-state index is 12.1. The van der Waals surface area contributed by atoms with Crippen molar-refractivity contribution < 1.29 is 19.2 Å². The first-order valence-electron chi connectivity index (χ1n) is 8.07. The molecule has 0 saturated carbocycles. The summed E-state index contributed by atoms with van der Waals surface area (Å²) < 4.78 is 6.70. The number of esters is 1. The molecule has 0 aliphatic heterocycles. The van der Waals surface area contributed by atoms with Crippen molar-refractivity contribution in [3.8, 4) is 0 Å². The molecule has 0 bridgehead atoms. The highest BCUT2D eigenvalue weighted by Gasteiger charge is 2.19. The van der Waals surface area contributed by atoms with Crippen molar-refractivity contribution in [1.82, 2.24) is 9.78 Å². The van der Waals surface area contributed by atoms with Crippen LogP contribution in [0.25, 0.3) is 0 Å². The van der Waals surface area contributed by atoms with E-state index in [0.29, 0.717) is 16.3 Å². The van der Waals surface area contributed by atoms with Crippen LogP contribution in [0.5, 0.6) is 0 Å². The first kappa shape index (κ1) is 20.4. The first-order chi connectivity index (χ1) is 12.7. The van der Waals surface area contributed by atoms with E-state index in [1.165, 1.54) is 23.9 Å². The lowest BCUT2D eigenvalue weighted by Crippen LogP contribution is -2.25. The number of nitro groups is 1. The number of non-ortho nitro benzene ring substituents is 1. The van der Waals surface area contributed by atoms with Crippen LogP contribution in [-0.4, -0.2) is 38.4 Å². The Balaban J connectivity index is 1.85. The second-order valence-corrected chi connectivity index (χ2v) is 7.25. The Labute approximate surface area is 160 Å². The second kappa shape index (κ2) is 8.67. The van der Waals surface area contributed by atoms with E-state index in [4.69, 9.17) is 4.74 Å². The van der Waals surface area contributed by atoms with Crippen LogP contribution in [0.3, 0.4) is 0 Å². The fourth-order valence-corrected chi connectivity index (χ4v) is 3.15. The van der Waals surface area contributed by atoms with E-state index in [0.717, 1.165) is 5.69 Å². The molecule has 0 spiro atoms. The largest absolute Gasteiger partial charge is 0.455 e. The Bertz CT molecular complexity index is 863. The molecule has 1 heterocycles. The molecule has 0 aliphatic rings. The number of amides is 1. The molecular formula is C17H20N4O5S. The second-order valence-electron chi connectivity index (χ2n) is 5.84. The molecular weight excluding hydrogens is 372 g/mol. The molecule has 1 aromatic carbocycles. The predicted octanol–water partition coefficient (Wildman–Crippen LogP) is 2.61. The number of nitro benzene ring substituents is 1. The molecule has 0 radical (unpaired) electrons. The number of benzene rings is 1. The van der Waals surface area contributed by atoms with Crippen molar-refractivity contribution in [3.63, 3.8) is 0 Å². The standard InChI is InChI=1S/C17H20N4O5S/c1-10-16(11(2)20(4)19-10)18-15(22)9-26-17(23)12(3)27-14-7-5-13(6-8-14)21(24)25/h5-8,12H,9H2,1-4H3,(H,18,22)/t12-/m1/s1. The highest BCUT2D eigenvalue weighted by atomic mass is 32.2. The number of rotatable bonds is 7. The van der Waals surface area contributed by atoms with Gasteiger partial charge >= 0.3 is 5.97 Å². The minimum atomic E-state index is -0.568. The molecule has 0 saturated heterocycles. The normalized spacial score (nSPS) is 11.7. The zero-order valence-electron chi connectivity index (χ0n) is 15.4. The number of carbonyl (C=O) groups excluding carboxylic acids is 2. The zero-order chi connectivity index (χ0) is 20.1. The van der Waals surface area contributed by atoms with E-state index in [-0.39, 0.29) is 5.69 Å². The molecule has 2 rings (SSSR count). The third kappa shape index (κ3) is 5.30. The van der Waals surface area contributed by atoms with Crippen molar-refractivity contribution >= 4 is 35.0 Å². The van der Waals surface area contributed by atoms with E-state index in [9.17, 15) is 19.7 Å². The number of aromatic nitrogens is 2. The Kier molecular flexibility index (Phi) is 6.56. The van der Waals surface area contributed by atoms with E-state index < -0.39 is 28.7 Å². The molecule has 0 unspecified atom stereocenters. The van der Waals surface area contributed by atoms with Crippen LogP contribution in [0.4, 0.5) is 11.4 Å². The van der Waals surface area contributed by atoms with Crippen LogP contribution in [0.1, 0.15) is 18.3 Å². The summed E-state index contributed by atoms with van der Waals surface area (Å²) in [5.74, 6) is -0.997. The summed E-state index contributed by atoms with van der Waals surface area (Å²) in [5.41, 5.74) is 2.06. The monoisotopic (exact) mass is 392 g/mol. The van der Waals surface area contributed by atoms with Gasteiger partial charge in [-0.05, 0) is 32.9 Å². The topological polar surface area (TPSA) is 116 Å². The van der Waals surface area contributed by atoms with Crippen LogP contribution >= 0.6 is 11.8 Å². The number of anilines is 1. The van der Waals surface area contributed by atoms with Gasteiger partial charge in [-0.3, -0.25) is 24.4 Å². The number of nitrogens with zero attached hydrogens (tertiary/aromatic N) is 3. The predicted molar refractivity (Wildman–Crippen MR) is 101 cm³/mol. The third-order valence-electron chi connectivity index (χ3n) is 3.81. The lowest BCUT2D eigenvalue weighted by molar-refractivity contribution is -0.384. The van der Waals surface area contributed by atoms with Gasteiger partial charge in [-0.15, -0.1) is 11.8 Å². The molecule has 144 valence electrons. The minimum Gasteiger partial charge on any atom is -0.455 e. The Morgan fingerprint density at radius 2 is 1.96 bits per heavy atom. The maximum Gasteiger partial charge on any atom is 0.319 e. The zero-order valence-corrected chi connectivity index (χ0v) is 16.2. The highest BCUT2D eigenvalue weighted by Crippen LogP contribution is 2.26. The van der Waals surface area contributed by atoms with E-state index >= 15 is 0 Å². The molecule has 1 aromatic heterocycles. The van der Waals surface area contributed by atoms with Crippen LogP contribution in [0.15, 0.2) is 29.2 Å². The number of aryl methyl sites for hydroxylation is 2. The fourth-order valence-electron chi connectivity index (χ4n) is 2.28. The van der Waals surface area contributed by atoms with Crippen molar-refractivity contribution in [2.45, 2.75) is 30.9 Å². The highest BCUT2D eigenvalue weighted by molar-refractivity contribution is 8.00. The lowest BCUT2D eigenvalue weighted by Gasteiger charge is -2.11. The van der Waals surface area contributed by atoms with Gasteiger partial charge in [0.2, 0.25) is 0 Å². The summed E-state index contributed by atoms with van der Waals surface area (Å²) in [6.45, 7) is 4.83. The average Bonchev–Trinajstić information content (AvgIpc) is 2.86. The molecule has 27 heavy (non-hydrogen) atoms. The molecule has 1 atom stereocenters. The maximum absolute atomic E-state index is 12.1. The van der Waals surface area contributed by atoms with Crippen molar-refractivity contribution in [1.29, 1.82) is 0 Å². The van der Waals surface area contributed by atoms with Crippen molar-refractivity contribution in [2.24, 2.45) is 7.05 Å². The van der Waals surface area contributed by atoms with Gasteiger partial charge < -0.3 is 10.1 Å². The van der Waals surface area contributed by atoms with Gasteiger partial charge in [0.25, 0.3) is 11.6 Å². The van der Waals surface area contributed by atoms with E-state index in [1.54, 1.807) is 37.7 Å². The number of ether oxygens (including phenoxy) is 1. The number of hydrogen-bond donors (Lipinski definition) is 1. The van der Waals surface area contributed by atoms with Crippen LogP contribution in [0, 0.1) is 24.0 Å². The first-order valence-corrected chi connectivity index (χ1v) is 8.94. The van der Waals surface area contributed by atoms with Gasteiger partial charge in [0.1, 0.15) is 5.25 Å². The Morgan fingerprint density at radius 3 is 2.48 bits per heavy atom. The van der Waals surface area contributed by atoms with Gasteiger partial charge in [-0.1, -0.05) is 0 Å². The molecule has 0 aliphatic carbocycles. The summed E-state index contributed by atoms with van der Waals surface area (Å²) in [6, 6.07) is 5.86. The Hall–Kier alpha value is -2.88. The average molecular weight is 392 g/mol. The molecule has 1 amide bonds. The van der Waals surface area contributed by atoms with E-state index in [1.807, 2.05) is 6.92 Å². The number of nitrogens with one attached hydrogen (secondary N) is 1. The molecule has 0 fully saturated rings.